The Morgan fingerprint density at radius 3 is 2.58 bits per heavy atom. The lowest BCUT2D eigenvalue weighted by molar-refractivity contribution is -0.146. The summed E-state index contributed by atoms with van der Waals surface area (Å²) in [5.74, 6) is -2.58. The first-order chi connectivity index (χ1) is 20.6. The summed E-state index contributed by atoms with van der Waals surface area (Å²) >= 11 is 0. The molecule has 1 aliphatic heterocycles. The number of amides is 1. The van der Waals surface area contributed by atoms with E-state index in [2.05, 4.69) is 15.2 Å². The van der Waals surface area contributed by atoms with Crippen molar-refractivity contribution in [2.24, 2.45) is 5.73 Å². The van der Waals surface area contributed by atoms with Crippen LogP contribution in [0.3, 0.4) is 0 Å². The molecule has 2 heterocycles. The molecule has 0 radical (unpaired) electrons. The van der Waals surface area contributed by atoms with Crippen molar-refractivity contribution in [2.45, 2.75) is 38.0 Å². The van der Waals surface area contributed by atoms with E-state index in [1.165, 1.54) is 6.92 Å². The number of ether oxygens (including phenoxy) is 2. The van der Waals surface area contributed by atoms with E-state index in [0.29, 0.717) is 5.39 Å². The van der Waals surface area contributed by atoms with Crippen molar-refractivity contribution >= 4 is 36.2 Å². The molecule has 1 aromatic heterocycles. The molecule has 5 rings (SSSR count). The number of ketones is 1. The van der Waals surface area contributed by atoms with Gasteiger partial charge in [-0.05, 0) is 23.9 Å². The van der Waals surface area contributed by atoms with E-state index in [1.807, 2.05) is 24.3 Å². The van der Waals surface area contributed by atoms with Crippen molar-refractivity contribution in [1.82, 2.24) is 19.9 Å². The number of aromatic nitrogens is 3. The van der Waals surface area contributed by atoms with Crippen LogP contribution in [0, 0.1) is 0 Å². The normalized spacial score (nSPS) is 20.4. The lowest BCUT2D eigenvalue weighted by Crippen LogP contribution is -2.36. The van der Waals surface area contributed by atoms with E-state index in [4.69, 9.17) is 24.3 Å². The highest BCUT2D eigenvalue weighted by atomic mass is 31.2. The summed E-state index contributed by atoms with van der Waals surface area (Å²) in [6.45, 7) is 0.781. The number of primary amides is 1. The number of fused-ring (bicyclic) bond motifs is 1. The smallest absolute Gasteiger partial charge is 0.459 e. The molecule has 4 N–H and O–H groups in total. The second-order valence-corrected chi connectivity index (χ2v) is 11.3. The number of hydrogen-bond acceptors (Lipinski definition) is 11. The van der Waals surface area contributed by atoms with E-state index < -0.39 is 56.5 Å². The Morgan fingerprint density at radius 1 is 1.12 bits per heavy atom. The monoisotopic (exact) mass is 609 g/mol. The second kappa shape index (κ2) is 12.8. The number of carbonyl (C=O) groups excluding carboxylic acids is 3. The van der Waals surface area contributed by atoms with Crippen LogP contribution in [0.5, 0.6) is 5.75 Å². The average Bonchev–Trinajstić information content (AvgIpc) is 3.60. The number of hydrogen-bond donors (Lipinski definition) is 3. The molecule has 0 saturated carbocycles. The van der Waals surface area contributed by atoms with E-state index >= 15 is 0 Å². The van der Waals surface area contributed by atoms with E-state index in [0.717, 1.165) is 22.0 Å². The number of nitrogens with zero attached hydrogens (tertiary/aromatic N) is 3. The predicted octanol–water partition coefficient (Wildman–Crippen LogP) is 2.28. The lowest BCUT2D eigenvalue weighted by atomic mass is 10.1. The minimum Gasteiger partial charge on any atom is -0.460 e. The molecule has 5 atom stereocenters. The maximum Gasteiger partial charge on any atom is 0.459 e. The van der Waals surface area contributed by atoms with Crippen LogP contribution in [0.2, 0.25) is 0 Å². The Kier molecular flexibility index (Phi) is 8.94. The third-order valence-electron chi connectivity index (χ3n) is 6.47. The molecule has 1 unspecified atom stereocenters. The van der Waals surface area contributed by atoms with Gasteiger partial charge in [-0.1, -0.05) is 66.7 Å². The zero-order valence-corrected chi connectivity index (χ0v) is 23.7. The first-order valence-electron chi connectivity index (χ1n) is 13.1. The van der Waals surface area contributed by atoms with Gasteiger partial charge in [0.1, 0.15) is 30.8 Å². The molecule has 0 bridgehead atoms. The Bertz CT molecular complexity index is 1680. The van der Waals surface area contributed by atoms with Crippen molar-refractivity contribution in [1.29, 1.82) is 0 Å². The maximum absolute atomic E-state index is 14.1. The zero-order chi connectivity index (χ0) is 30.6. The van der Waals surface area contributed by atoms with E-state index in [1.54, 1.807) is 48.5 Å². The van der Waals surface area contributed by atoms with Gasteiger partial charge in [0.25, 0.3) is 5.91 Å². The quantitative estimate of drug-likeness (QED) is 0.157. The molecule has 1 saturated heterocycles. The molecule has 1 fully saturated rings. The number of benzene rings is 3. The molecule has 224 valence electrons. The van der Waals surface area contributed by atoms with Crippen LogP contribution < -0.4 is 15.3 Å². The van der Waals surface area contributed by atoms with E-state index in [9.17, 15) is 24.1 Å². The molecule has 0 spiro atoms. The Hall–Kier alpha value is -4.46. The van der Waals surface area contributed by atoms with Gasteiger partial charge in [0.05, 0.1) is 6.61 Å². The first kappa shape index (κ1) is 30.0. The second-order valence-electron chi connectivity index (χ2n) is 9.58. The highest BCUT2D eigenvalue weighted by Crippen LogP contribution is 2.47. The molecule has 3 aromatic carbocycles. The zero-order valence-electron chi connectivity index (χ0n) is 22.8. The van der Waals surface area contributed by atoms with Crippen LogP contribution in [-0.2, 0) is 34.8 Å². The van der Waals surface area contributed by atoms with Crippen LogP contribution in [0.15, 0.2) is 79.1 Å². The van der Waals surface area contributed by atoms with Crippen LogP contribution in [-0.4, -0.2) is 62.4 Å². The molecule has 1 amide bonds. The van der Waals surface area contributed by atoms with Crippen molar-refractivity contribution < 1.29 is 42.6 Å². The Balaban J connectivity index is 1.33. The largest absolute Gasteiger partial charge is 0.460 e. The van der Waals surface area contributed by atoms with Gasteiger partial charge in [-0.15, -0.1) is 5.10 Å². The standard InChI is InChI=1S/C28H28N5O9P/c1-17(28(37)39-14-18-8-3-2-4-9-18)32-43(38,42-21-13-7-11-19-10-5-6-12-20(19)21)40-15-22-23(34)24(35)27(41-22)33-16-30-26(31-33)25(29)36/h2-13,16-17,22,24,27,35H,14-15H2,1H3,(H2,29,36)(H,32,38)/t17-,22+,24+,27+,43?/m0/s1. The summed E-state index contributed by atoms with van der Waals surface area (Å²) in [6, 6.07) is 20.2. The number of rotatable bonds is 12. The summed E-state index contributed by atoms with van der Waals surface area (Å²) < 4.78 is 37.6. The van der Waals surface area contributed by atoms with Gasteiger partial charge in [-0.2, -0.15) is 5.09 Å². The van der Waals surface area contributed by atoms with Crippen LogP contribution in [0.1, 0.15) is 29.3 Å². The highest BCUT2D eigenvalue weighted by Gasteiger charge is 2.46. The molecular formula is C28H28N5O9P. The Labute approximate surface area is 245 Å². The summed E-state index contributed by atoms with van der Waals surface area (Å²) in [5, 5.41) is 18.3. The van der Waals surface area contributed by atoms with Gasteiger partial charge in [-0.25, -0.2) is 14.2 Å². The van der Waals surface area contributed by atoms with Gasteiger partial charge in [-0.3, -0.25) is 18.9 Å². The van der Waals surface area contributed by atoms with Gasteiger partial charge in [0, 0.05) is 5.39 Å². The van der Waals surface area contributed by atoms with Crippen LogP contribution in [0.25, 0.3) is 10.8 Å². The van der Waals surface area contributed by atoms with Gasteiger partial charge >= 0.3 is 13.7 Å². The summed E-state index contributed by atoms with van der Waals surface area (Å²) in [5.41, 5.74) is 5.92. The minimum absolute atomic E-state index is 0.00945. The summed E-state index contributed by atoms with van der Waals surface area (Å²) in [6.07, 6.45) is -3.38. The number of aliphatic hydroxyl groups is 1. The molecule has 14 nitrogen and oxygen atoms in total. The molecule has 1 aliphatic rings. The van der Waals surface area contributed by atoms with Gasteiger partial charge < -0.3 is 24.8 Å². The van der Waals surface area contributed by atoms with E-state index in [-0.39, 0.29) is 18.2 Å². The SMILES string of the molecule is C[C@H](NP(=O)(OC[C@H]1O[C@@H](n2cnc(C(N)=O)n2)[C@H](O)C1=O)Oc1cccc2ccccc12)C(=O)OCc1ccccc1. The number of nitrogens with two attached hydrogens (primary N) is 1. The van der Waals surface area contributed by atoms with Gasteiger partial charge in [0.2, 0.25) is 5.82 Å². The van der Waals surface area contributed by atoms with Crippen molar-refractivity contribution in [3.63, 3.8) is 0 Å². The van der Waals surface area contributed by atoms with Crippen molar-refractivity contribution in [3.8, 4) is 5.75 Å². The third kappa shape index (κ3) is 6.96. The molecule has 43 heavy (non-hydrogen) atoms. The van der Waals surface area contributed by atoms with Crippen molar-refractivity contribution in [2.75, 3.05) is 6.61 Å². The third-order valence-corrected chi connectivity index (χ3v) is 8.10. The summed E-state index contributed by atoms with van der Waals surface area (Å²) in [7, 11) is -4.41. The minimum atomic E-state index is -4.41. The van der Waals surface area contributed by atoms with Gasteiger partial charge in [0.15, 0.2) is 18.1 Å². The number of aliphatic hydroxyl groups excluding tert-OH is 1. The number of esters is 1. The molecule has 15 heteroatoms. The summed E-state index contributed by atoms with van der Waals surface area (Å²) in [4.78, 5) is 40.6. The fourth-order valence-corrected chi connectivity index (χ4v) is 5.79. The average molecular weight is 610 g/mol. The highest BCUT2D eigenvalue weighted by molar-refractivity contribution is 7.52. The predicted molar refractivity (Wildman–Crippen MR) is 150 cm³/mol. The topological polar surface area (TPSA) is 194 Å². The van der Waals surface area contributed by atoms with Crippen LogP contribution in [0.4, 0.5) is 0 Å². The number of Topliss-reactive ketones (excluding diaryl/α,β-unsaturated/α-hetero) is 1. The molecule has 0 aliphatic carbocycles. The fourth-order valence-electron chi connectivity index (χ4n) is 4.28. The van der Waals surface area contributed by atoms with Crippen molar-refractivity contribution in [3.05, 3.63) is 90.5 Å². The number of nitrogens with one attached hydrogen (secondary N) is 1. The molecule has 4 aromatic rings. The Morgan fingerprint density at radius 2 is 1.84 bits per heavy atom. The van der Waals surface area contributed by atoms with Crippen LogP contribution >= 0.6 is 7.75 Å². The lowest BCUT2D eigenvalue weighted by Gasteiger charge is -2.24. The fraction of sp³-hybridized carbons (Fsp3) is 0.250. The first-order valence-corrected chi connectivity index (χ1v) is 14.7. The maximum atomic E-state index is 14.1. The number of carbonyl (C=O) groups is 3. The molecular weight excluding hydrogens is 581 g/mol.